The van der Waals surface area contributed by atoms with Crippen LogP contribution >= 0.6 is 11.3 Å². The standard InChI is InChI=1S/C9H11NOS/c1-3-9-10-8(6-12-9)4-7(2)5-11/h4-6H,3H2,1-2H3/b7-4-. The second-order valence-corrected chi connectivity index (χ2v) is 3.47. The van der Waals surface area contributed by atoms with Crippen LogP contribution in [0, 0.1) is 0 Å². The summed E-state index contributed by atoms with van der Waals surface area (Å²) in [5.41, 5.74) is 1.60. The molecule has 0 atom stereocenters. The third kappa shape index (κ3) is 2.27. The van der Waals surface area contributed by atoms with Crippen LogP contribution in [-0.2, 0) is 11.2 Å². The number of carbonyl (C=O) groups excluding carboxylic acids is 1. The van der Waals surface area contributed by atoms with Gasteiger partial charge in [0.1, 0.15) is 6.29 Å². The topological polar surface area (TPSA) is 30.0 Å². The molecule has 0 saturated heterocycles. The summed E-state index contributed by atoms with van der Waals surface area (Å²) in [6, 6.07) is 0. The van der Waals surface area contributed by atoms with E-state index in [0.717, 1.165) is 23.4 Å². The molecule has 1 rings (SSSR count). The summed E-state index contributed by atoms with van der Waals surface area (Å²) in [6.45, 7) is 3.84. The van der Waals surface area contributed by atoms with E-state index in [1.165, 1.54) is 0 Å². The van der Waals surface area contributed by atoms with Crippen LogP contribution in [0.5, 0.6) is 0 Å². The highest BCUT2D eigenvalue weighted by Gasteiger charge is 1.96. The molecule has 0 saturated carbocycles. The first-order valence-corrected chi connectivity index (χ1v) is 4.72. The van der Waals surface area contributed by atoms with Gasteiger partial charge in [0.05, 0.1) is 10.7 Å². The van der Waals surface area contributed by atoms with Crippen LogP contribution in [0.25, 0.3) is 6.08 Å². The van der Waals surface area contributed by atoms with Crippen LogP contribution in [0.2, 0.25) is 0 Å². The minimum absolute atomic E-state index is 0.711. The van der Waals surface area contributed by atoms with E-state index in [9.17, 15) is 4.79 Å². The summed E-state index contributed by atoms with van der Waals surface area (Å²) in [6.07, 6.45) is 3.59. The zero-order valence-corrected chi connectivity index (χ0v) is 8.02. The van der Waals surface area contributed by atoms with E-state index in [4.69, 9.17) is 0 Å². The van der Waals surface area contributed by atoms with E-state index in [1.54, 1.807) is 24.3 Å². The van der Waals surface area contributed by atoms with E-state index < -0.39 is 0 Å². The Morgan fingerprint density at radius 1 is 1.75 bits per heavy atom. The molecule has 3 heteroatoms. The van der Waals surface area contributed by atoms with Crippen LogP contribution in [-0.4, -0.2) is 11.3 Å². The van der Waals surface area contributed by atoms with Crippen LogP contribution in [0.4, 0.5) is 0 Å². The van der Waals surface area contributed by atoms with Gasteiger partial charge in [-0.2, -0.15) is 0 Å². The molecule has 1 aromatic heterocycles. The van der Waals surface area contributed by atoms with Gasteiger partial charge in [0.15, 0.2) is 0 Å². The van der Waals surface area contributed by atoms with Gasteiger partial charge in [0.25, 0.3) is 0 Å². The van der Waals surface area contributed by atoms with Crippen molar-refractivity contribution in [2.24, 2.45) is 0 Å². The van der Waals surface area contributed by atoms with Crippen molar-refractivity contribution in [3.63, 3.8) is 0 Å². The molecule has 0 aliphatic carbocycles. The first kappa shape index (κ1) is 9.13. The van der Waals surface area contributed by atoms with E-state index >= 15 is 0 Å². The van der Waals surface area contributed by atoms with Gasteiger partial charge in [-0.15, -0.1) is 11.3 Å². The maximum Gasteiger partial charge on any atom is 0.145 e. The SMILES string of the molecule is CCc1nc(/C=C(/C)C=O)cs1. The number of aryl methyl sites for hydroxylation is 1. The summed E-state index contributed by atoms with van der Waals surface area (Å²) in [7, 11) is 0. The van der Waals surface area contributed by atoms with Crippen molar-refractivity contribution < 1.29 is 4.79 Å². The summed E-state index contributed by atoms with van der Waals surface area (Å²) < 4.78 is 0. The molecule has 0 fully saturated rings. The lowest BCUT2D eigenvalue weighted by Crippen LogP contribution is -1.80. The average molecular weight is 181 g/mol. The molecule has 0 bridgehead atoms. The van der Waals surface area contributed by atoms with Gasteiger partial charge in [-0.1, -0.05) is 6.92 Å². The fraction of sp³-hybridized carbons (Fsp3) is 0.333. The Bertz CT molecular complexity index is 301. The Morgan fingerprint density at radius 3 is 3.00 bits per heavy atom. The third-order valence-corrected chi connectivity index (χ3v) is 2.44. The molecule has 12 heavy (non-hydrogen) atoms. The number of rotatable bonds is 3. The van der Waals surface area contributed by atoms with Gasteiger partial charge in [0.2, 0.25) is 0 Å². The maximum atomic E-state index is 10.3. The second-order valence-electron chi connectivity index (χ2n) is 2.53. The number of carbonyl (C=O) groups is 1. The van der Waals surface area contributed by atoms with Crippen LogP contribution < -0.4 is 0 Å². The third-order valence-electron chi connectivity index (χ3n) is 1.43. The first-order valence-electron chi connectivity index (χ1n) is 3.84. The van der Waals surface area contributed by atoms with Crippen LogP contribution in [0.1, 0.15) is 24.5 Å². The molecule has 0 unspecified atom stereocenters. The molecule has 0 aliphatic rings. The second kappa shape index (κ2) is 4.16. The summed E-state index contributed by atoms with van der Waals surface area (Å²) in [4.78, 5) is 14.6. The molecule has 0 amide bonds. The van der Waals surface area contributed by atoms with Crippen LogP contribution in [0.3, 0.4) is 0 Å². The molecule has 0 N–H and O–H groups in total. The van der Waals surface area contributed by atoms with E-state index in [1.807, 2.05) is 5.38 Å². The number of allylic oxidation sites excluding steroid dienone is 1. The number of hydrogen-bond acceptors (Lipinski definition) is 3. The van der Waals surface area contributed by atoms with Crippen molar-refractivity contribution in [2.45, 2.75) is 20.3 Å². The predicted octanol–water partition coefficient (Wildman–Crippen LogP) is 2.31. The summed E-state index contributed by atoms with van der Waals surface area (Å²) in [5.74, 6) is 0. The normalized spacial score (nSPS) is 11.7. The van der Waals surface area contributed by atoms with Crippen molar-refractivity contribution >= 4 is 23.7 Å². The van der Waals surface area contributed by atoms with E-state index in [2.05, 4.69) is 11.9 Å². The Hall–Kier alpha value is -0.960. The number of aldehydes is 1. The zero-order valence-electron chi connectivity index (χ0n) is 7.20. The molecule has 0 aliphatic heterocycles. The van der Waals surface area contributed by atoms with Gasteiger partial charge in [0, 0.05) is 5.38 Å². The van der Waals surface area contributed by atoms with Gasteiger partial charge < -0.3 is 0 Å². The first-order chi connectivity index (χ1) is 5.76. The van der Waals surface area contributed by atoms with Crippen molar-refractivity contribution in [3.8, 4) is 0 Å². The van der Waals surface area contributed by atoms with Crippen molar-refractivity contribution in [1.29, 1.82) is 0 Å². The fourth-order valence-electron chi connectivity index (χ4n) is 0.821. The highest BCUT2D eigenvalue weighted by Crippen LogP contribution is 2.12. The van der Waals surface area contributed by atoms with Crippen molar-refractivity contribution in [2.75, 3.05) is 0 Å². The van der Waals surface area contributed by atoms with E-state index in [-0.39, 0.29) is 0 Å². The highest BCUT2D eigenvalue weighted by atomic mass is 32.1. The molecular weight excluding hydrogens is 170 g/mol. The highest BCUT2D eigenvalue weighted by molar-refractivity contribution is 7.09. The molecule has 64 valence electrons. The maximum absolute atomic E-state index is 10.3. The quantitative estimate of drug-likeness (QED) is 0.529. The zero-order chi connectivity index (χ0) is 8.97. The summed E-state index contributed by atoms with van der Waals surface area (Å²) >= 11 is 1.63. The number of hydrogen-bond donors (Lipinski definition) is 0. The molecule has 0 spiro atoms. The molecule has 2 nitrogen and oxygen atoms in total. The Balaban J connectivity index is 2.82. The molecule has 1 heterocycles. The lowest BCUT2D eigenvalue weighted by Gasteiger charge is -1.85. The number of thiazole rings is 1. The Morgan fingerprint density at radius 2 is 2.50 bits per heavy atom. The van der Waals surface area contributed by atoms with Crippen molar-refractivity contribution in [3.05, 3.63) is 21.7 Å². The monoisotopic (exact) mass is 181 g/mol. The molecule has 0 radical (unpaired) electrons. The minimum Gasteiger partial charge on any atom is -0.298 e. The Labute approximate surface area is 76.0 Å². The number of nitrogens with zero attached hydrogens (tertiary/aromatic N) is 1. The van der Waals surface area contributed by atoms with E-state index in [0.29, 0.717) is 5.57 Å². The van der Waals surface area contributed by atoms with Crippen molar-refractivity contribution in [1.82, 2.24) is 4.98 Å². The molecule has 1 aromatic rings. The predicted molar refractivity (Wildman–Crippen MR) is 51.2 cm³/mol. The molecule has 0 aromatic carbocycles. The lowest BCUT2D eigenvalue weighted by molar-refractivity contribution is -0.104. The van der Waals surface area contributed by atoms with Gasteiger partial charge >= 0.3 is 0 Å². The Kier molecular flexibility index (Phi) is 3.17. The molecular formula is C9H11NOS. The smallest absolute Gasteiger partial charge is 0.145 e. The van der Waals surface area contributed by atoms with Gasteiger partial charge in [-0.25, -0.2) is 4.98 Å². The average Bonchev–Trinajstić information content (AvgIpc) is 2.52. The fourth-order valence-corrected chi connectivity index (χ4v) is 1.52. The number of aromatic nitrogens is 1. The van der Waals surface area contributed by atoms with Gasteiger partial charge in [-0.3, -0.25) is 4.79 Å². The minimum atomic E-state index is 0.711. The lowest BCUT2D eigenvalue weighted by atomic mass is 10.3. The largest absolute Gasteiger partial charge is 0.298 e. The van der Waals surface area contributed by atoms with Crippen LogP contribution in [0.15, 0.2) is 11.0 Å². The summed E-state index contributed by atoms with van der Waals surface area (Å²) in [5, 5.41) is 3.08. The van der Waals surface area contributed by atoms with Gasteiger partial charge in [-0.05, 0) is 25.0 Å².